The molecule has 3 heterocycles. The van der Waals surface area contributed by atoms with E-state index in [4.69, 9.17) is 4.42 Å². The van der Waals surface area contributed by atoms with Crippen LogP contribution in [0.5, 0.6) is 0 Å². The number of pyridine rings is 1. The van der Waals surface area contributed by atoms with Gasteiger partial charge in [0.2, 0.25) is 0 Å². The lowest BCUT2D eigenvalue weighted by atomic mass is 10.1. The van der Waals surface area contributed by atoms with Crippen LogP contribution in [0.3, 0.4) is 0 Å². The Kier molecular flexibility index (Phi) is 4.02. The van der Waals surface area contributed by atoms with Crippen LogP contribution in [0, 0.1) is 6.92 Å². The summed E-state index contributed by atoms with van der Waals surface area (Å²) in [6.07, 6.45) is 3.41. The van der Waals surface area contributed by atoms with Crippen molar-refractivity contribution in [3.8, 4) is 10.8 Å². The third kappa shape index (κ3) is 3.07. The molecule has 6 heteroatoms. The number of carbonyl (C=O) groups is 1. The minimum atomic E-state index is -0.199. The van der Waals surface area contributed by atoms with Crippen LogP contribution < -0.4 is 5.32 Å². The minimum Gasteiger partial charge on any atom is -0.459 e. The van der Waals surface area contributed by atoms with E-state index in [0.717, 1.165) is 11.3 Å². The number of thiazole rings is 1. The number of amides is 1. The van der Waals surface area contributed by atoms with Gasteiger partial charge >= 0.3 is 0 Å². The zero-order valence-corrected chi connectivity index (χ0v) is 13.1. The highest BCUT2D eigenvalue weighted by molar-refractivity contribution is 7.13. The summed E-state index contributed by atoms with van der Waals surface area (Å²) in [5, 5.41) is 5.37. The summed E-state index contributed by atoms with van der Waals surface area (Å²) in [4.78, 5) is 20.6. The van der Waals surface area contributed by atoms with Crippen LogP contribution in [0.15, 0.2) is 46.5 Å². The molecule has 112 valence electrons. The fourth-order valence-electron chi connectivity index (χ4n) is 2.05. The fourth-order valence-corrected chi connectivity index (χ4v) is 2.81. The summed E-state index contributed by atoms with van der Waals surface area (Å²) in [6, 6.07) is 7.38. The predicted molar refractivity (Wildman–Crippen MR) is 84.7 cm³/mol. The monoisotopic (exact) mass is 313 g/mol. The lowest BCUT2D eigenvalue weighted by Gasteiger charge is -2.12. The molecule has 0 unspecified atom stereocenters. The molecule has 0 spiro atoms. The Balaban J connectivity index is 1.72. The van der Waals surface area contributed by atoms with Gasteiger partial charge in [0, 0.05) is 17.8 Å². The van der Waals surface area contributed by atoms with E-state index in [1.807, 2.05) is 38.1 Å². The van der Waals surface area contributed by atoms with Crippen LogP contribution in [0.4, 0.5) is 0 Å². The second-order valence-corrected chi connectivity index (χ2v) is 5.78. The molecular formula is C16H15N3O2S. The van der Waals surface area contributed by atoms with Crippen molar-refractivity contribution >= 4 is 17.2 Å². The Labute approximate surface area is 132 Å². The molecule has 0 aliphatic heterocycles. The molecule has 0 saturated heterocycles. The Morgan fingerprint density at radius 3 is 2.73 bits per heavy atom. The van der Waals surface area contributed by atoms with Gasteiger partial charge in [-0.2, -0.15) is 0 Å². The summed E-state index contributed by atoms with van der Waals surface area (Å²) >= 11 is 1.39. The Hall–Kier alpha value is -2.47. The molecule has 5 nitrogen and oxygen atoms in total. The molecule has 0 aliphatic rings. The Morgan fingerprint density at radius 2 is 2.05 bits per heavy atom. The standard InChI is InChI=1S/C16H15N3O2S/c1-10-3-4-14(21-10)16-19-13(9-22-16)15(20)18-11(2)12-5-7-17-8-6-12/h3-9,11H,1-2H3,(H,18,20)/t11-/m0/s1. The van der Waals surface area contributed by atoms with Crippen molar-refractivity contribution < 1.29 is 9.21 Å². The summed E-state index contributed by atoms with van der Waals surface area (Å²) in [5.74, 6) is 1.31. The Bertz CT molecular complexity index is 780. The van der Waals surface area contributed by atoms with Crippen LogP contribution in [-0.2, 0) is 0 Å². The van der Waals surface area contributed by atoms with Crippen LogP contribution >= 0.6 is 11.3 Å². The fraction of sp³-hybridized carbons (Fsp3) is 0.188. The summed E-state index contributed by atoms with van der Waals surface area (Å²) in [7, 11) is 0. The molecule has 0 saturated carbocycles. The predicted octanol–water partition coefficient (Wildman–Crippen LogP) is 3.60. The van der Waals surface area contributed by atoms with Gasteiger partial charge in [-0.25, -0.2) is 4.98 Å². The molecule has 3 rings (SSSR count). The molecule has 3 aromatic heterocycles. The van der Waals surface area contributed by atoms with Gasteiger partial charge in [-0.15, -0.1) is 11.3 Å². The average Bonchev–Trinajstić information content (AvgIpc) is 3.16. The lowest BCUT2D eigenvalue weighted by molar-refractivity contribution is 0.0935. The number of hydrogen-bond donors (Lipinski definition) is 1. The van der Waals surface area contributed by atoms with Gasteiger partial charge in [0.15, 0.2) is 10.8 Å². The maximum Gasteiger partial charge on any atom is 0.271 e. The molecule has 1 amide bonds. The first-order valence-electron chi connectivity index (χ1n) is 6.86. The van der Waals surface area contributed by atoms with Gasteiger partial charge < -0.3 is 9.73 Å². The molecule has 0 bridgehead atoms. The number of aromatic nitrogens is 2. The second kappa shape index (κ2) is 6.11. The summed E-state index contributed by atoms with van der Waals surface area (Å²) in [5.41, 5.74) is 1.40. The zero-order valence-electron chi connectivity index (χ0n) is 12.2. The van der Waals surface area contributed by atoms with Gasteiger partial charge in [0.05, 0.1) is 6.04 Å². The highest BCUT2D eigenvalue weighted by atomic mass is 32.1. The van der Waals surface area contributed by atoms with Gasteiger partial charge in [-0.3, -0.25) is 9.78 Å². The molecule has 0 fully saturated rings. The molecule has 1 N–H and O–H groups in total. The summed E-state index contributed by atoms with van der Waals surface area (Å²) < 4.78 is 5.52. The number of furan rings is 1. The number of hydrogen-bond acceptors (Lipinski definition) is 5. The molecule has 3 aromatic rings. The van der Waals surface area contributed by atoms with E-state index in [1.165, 1.54) is 11.3 Å². The normalized spacial score (nSPS) is 12.1. The van der Waals surface area contributed by atoms with Gasteiger partial charge in [0.25, 0.3) is 5.91 Å². The SMILES string of the molecule is Cc1ccc(-c2nc(C(=O)N[C@@H](C)c3ccncc3)cs2)o1. The third-order valence-electron chi connectivity index (χ3n) is 3.24. The van der Waals surface area contributed by atoms with Crippen molar-refractivity contribution in [2.24, 2.45) is 0 Å². The van der Waals surface area contributed by atoms with E-state index < -0.39 is 0 Å². The quantitative estimate of drug-likeness (QED) is 0.799. The van der Waals surface area contributed by atoms with Crippen molar-refractivity contribution in [3.63, 3.8) is 0 Å². The topological polar surface area (TPSA) is 68.0 Å². The van der Waals surface area contributed by atoms with Crippen LogP contribution in [0.1, 0.15) is 34.8 Å². The first-order valence-corrected chi connectivity index (χ1v) is 7.74. The highest BCUT2D eigenvalue weighted by Crippen LogP contribution is 2.25. The maximum atomic E-state index is 12.3. The number of carbonyl (C=O) groups excluding carboxylic acids is 1. The van der Waals surface area contributed by atoms with Crippen LogP contribution in [0.25, 0.3) is 10.8 Å². The largest absolute Gasteiger partial charge is 0.459 e. The summed E-state index contributed by atoms with van der Waals surface area (Å²) in [6.45, 7) is 3.80. The first-order chi connectivity index (χ1) is 10.6. The van der Waals surface area contributed by atoms with Gasteiger partial charge in [0.1, 0.15) is 11.5 Å². The molecule has 0 aliphatic carbocycles. The van der Waals surface area contributed by atoms with Crippen molar-refractivity contribution in [1.82, 2.24) is 15.3 Å². The number of nitrogens with zero attached hydrogens (tertiary/aromatic N) is 2. The molecule has 22 heavy (non-hydrogen) atoms. The van der Waals surface area contributed by atoms with E-state index in [1.54, 1.807) is 17.8 Å². The third-order valence-corrected chi connectivity index (χ3v) is 4.10. The second-order valence-electron chi connectivity index (χ2n) is 4.92. The molecule has 0 aromatic carbocycles. The van der Waals surface area contributed by atoms with Gasteiger partial charge in [-0.05, 0) is 43.7 Å². The van der Waals surface area contributed by atoms with Crippen molar-refractivity contribution in [1.29, 1.82) is 0 Å². The van der Waals surface area contributed by atoms with Crippen LogP contribution in [-0.4, -0.2) is 15.9 Å². The number of rotatable bonds is 4. The van der Waals surface area contributed by atoms with Crippen molar-refractivity contribution in [2.75, 3.05) is 0 Å². The molecular weight excluding hydrogens is 298 g/mol. The first kappa shape index (κ1) is 14.5. The van der Waals surface area contributed by atoms with E-state index in [0.29, 0.717) is 16.5 Å². The minimum absolute atomic E-state index is 0.105. The van der Waals surface area contributed by atoms with E-state index in [2.05, 4.69) is 15.3 Å². The highest BCUT2D eigenvalue weighted by Gasteiger charge is 2.16. The zero-order chi connectivity index (χ0) is 15.5. The molecule has 1 atom stereocenters. The van der Waals surface area contributed by atoms with Crippen molar-refractivity contribution in [3.05, 3.63) is 59.1 Å². The number of aryl methyl sites for hydroxylation is 1. The average molecular weight is 313 g/mol. The Morgan fingerprint density at radius 1 is 1.27 bits per heavy atom. The molecule has 0 radical (unpaired) electrons. The number of nitrogens with one attached hydrogen (secondary N) is 1. The van der Waals surface area contributed by atoms with Gasteiger partial charge in [-0.1, -0.05) is 0 Å². The van der Waals surface area contributed by atoms with E-state index >= 15 is 0 Å². The smallest absolute Gasteiger partial charge is 0.271 e. The maximum absolute atomic E-state index is 12.3. The lowest BCUT2D eigenvalue weighted by Crippen LogP contribution is -2.26. The van der Waals surface area contributed by atoms with Crippen molar-refractivity contribution in [2.45, 2.75) is 19.9 Å². The van der Waals surface area contributed by atoms with E-state index in [-0.39, 0.29) is 11.9 Å². The van der Waals surface area contributed by atoms with E-state index in [9.17, 15) is 4.79 Å². The van der Waals surface area contributed by atoms with Crippen LogP contribution in [0.2, 0.25) is 0 Å².